The molecule has 0 aliphatic carbocycles. The summed E-state index contributed by atoms with van der Waals surface area (Å²) in [5.41, 5.74) is 2.46. The average Bonchev–Trinajstić information content (AvgIpc) is 2.80. The number of aromatic nitrogens is 2. The van der Waals surface area contributed by atoms with Gasteiger partial charge in [-0.1, -0.05) is 54.6 Å². The molecule has 0 aliphatic heterocycles. The number of hydrogen-bond donors (Lipinski definition) is 4. The first-order valence-electron chi connectivity index (χ1n) is 9.75. The van der Waals surface area contributed by atoms with Crippen molar-refractivity contribution >= 4 is 17.8 Å². The number of nitrogens with one attached hydrogen (secondary N) is 1. The van der Waals surface area contributed by atoms with E-state index in [1.54, 1.807) is 0 Å². The van der Waals surface area contributed by atoms with E-state index in [9.17, 15) is 19.5 Å². The van der Waals surface area contributed by atoms with E-state index in [2.05, 4.69) is 15.3 Å². The predicted molar refractivity (Wildman–Crippen MR) is 114 cm³/mol. The van der Waals surface area contributed by atoms with Gasteiger partial charge >= 0.3 is 11.9 Å². The molecular formula is C23H21N3O6. The van der Waals surface area contributed by atoms with Crippen LogP contribution in [0.4, 0.5) is 0 Å². The quantitative estimate of drug-likeness (QED) is 0.399. The van der Waals surface area contributed by atoms with Crippen molar-refractivity contribution in [2.75, 3.05) is 0 Å². The summed E-state index contributed by atoms with van der Waals surface area (Å²) in [5.74, 6) is -3.32. The Balaban J connectivity index is 1.74. The number of aliphatic hydroxyl groups is 1. The van der Waals surface area contributed by atoms with Crippen LogP contribution in [0.15, 0.2) is 67.0 Å². The molecular weight excluding hydrogens is 414 g/mol. The number of carbonyl (C=O) groups is 3. The minimum atomic E-state index is -1.66. The summed E-state index contributed by atoms with van der Waals surface area (Å²) >= 11 is 0. The maximum Gasteiger partial charge on any atom is 0.356 e. The van der Waals surface area contributed by atoms with Crippen LogP contribution in [0.1, 0.15) is 33.0 Å². The van der Waals surface area contributed by atoms with E-state index in [0.29, 0.717) is 0 Å². The van der Waals surface area contributed by atoms with Crippen LogP contribution in [-0.2, 0) is 11.2 Å². The SMILES string of the molecule is O=C(O)c1cnc(C(=O)NC(Cc2ccc(-c3ccccc3)cc2)CC(O)C(=O)O)cn1. The molecule has 1 amide bonds. The number of carboxylic acid groups (broad SMARTS) is 2. The lowest BCUT2D eigenvalue weighted by atomic mass is 9.97. The van der Waals surface area contributed by atoms with E-state index in [-0.39, 0.29) is 24.2 Å². The topological polar surface area (TPSA) is 150 Å². The Kier molecular flexibility index (Phi) is 7.25. The van der Waals surface area contributed by atoms with Crippen LogP contribution >= 0.6 is 0 Å². The first-order chi connectivity index (χ1) is 15.3. The van der Waals surface area contributed by atoms with Crippen LogP contribution in [0.5, 0.6) is 0 Å². The zero-order valence-corrected chi connectivity index (χ0v) is 16.9. The van der Waals surface area contributed by atoms with Crippen molar-refractivity contribution in [1.82, 2.24) is 15.3 Å². The fourth-order valence-electron chi connectivity index (χ4n) is 3.13. The predicted octanol–water partition coefficient (Wildman–Crippen LogP) is 2.02. The maximum atomic E-state index is 12.5. The number of amides is 1. The van der Waals surface area contributed by atoms with Crippen molar-refractivity contribution in [3.63, 3.8) is 0 Å². The molecule has 9 nitrogen and oxygen atoms in total. The fourth-order valence-corrected chi connectivity index (χ4v) is 3.13. The van der Waals surface area contributed by atoms with Crippen LogP contribution in [0.25, 0.3) is 11.1 Å². The maximum absolute atomic E-state index is 12.5. The highest BCUT2D eigenvalue weighted by molar-refractivity contribution is 5.93. The Morgan fingerprint density at radius 1 is 0.844 bits per heavy atom. The van der Waals surface area contributed by atoms with Crippen LogP contribution in [0.3, 0.4) is 0 Å². The van der Waals surface area contributed by atoms with E-state index in [4.69, 9.17) is 10.2 Å². The summed E-state index contributed by atoms with van der Waals surface area (Å²) in [6.07, 6.45) is 0.372. The molecule has 1 heterocycles. The normalized spacial score (nSPS) is 12.5. The third kappa shape index (κ3) is 5.96. The number of aliphatic hydroxyl groups excluding tert-OH is 1. The highest BCUT2D eigenvalue weighted by atomic mass is 16.4. The molecule has 0 bridgehead atoms. The summed E-state index contributed by atoms with van der Waals surface area (Å²) < 4.78 is 0. The average molecular weight is 435 g/mol. The van der Waals surface area contributed by atoms with Gasteiger partial charge in [0.1, 0.15) is 5.69 Å². The molecule has 0 saturated carbocycles. The van der Waals surface area contributed by atoms with E-state index < -0.39 is 30.0 Å². The van der Waals surface area contributed by atoms with Gasteiger partial charge in [-0.15, -0.1) is 0 Å². The zero-order chi connectivity index (χ0) is 23.1. The molecule has 164 valence electrons. The van der Waals surface area contributed by atoms with Crippen molar-refractivity contribution in [1.29, 1.82) is 0 Å². The molecule has 0 aliphatic rings. The highest BCUT2D eigenvalue weighted by Gasteiger charge is 2.23. The molecule has 2 aromatic carbocycles. The molecule has 3 aromatic rings. The molecule has 3 rings (SSSR count). The molecule has 4 N–H and O–H groups in total. The zero-order valence-electron chi connectivity index (χ0n) is 16.9. The van der Waals surface area contributed by atoms with Gasteiger partial charge in [-0.2, -0.15) is 0 Å². The monoisotopic (exact) mass is 435 g/mol. The van der Waals surface area contributed by atoms with Crippen LogP contribution in [0.2, 0.25) is 0 Å². The summed E-state index contributed by atoms with van der Waals surface area (Å²) in [6, 6.07) is 16.7. The lowest BCUT2D eigenvalue weighted by Crippen LogP contribution is -2.41. The summed E-state index contributed by atoms with van der Waals surface area (Å²) in [6.45, 7) is 0. The van der Waals surface area contributed by atoms with E-state index >= 15 is 0 Å². The van der Waals surface area contributed by atoms with Crippen LogP contribution < -0.4 is 5.32 Å². The lowest BCUT2D eigenvalue weighted by Gasteiger charge is -2.20. The molecule has 32 heavy (non-hydrogen) atoms. The van der Waals surface area contributed by atoms with Crippen molar-refractivity contribution < 1.29 is 29.7 Å². The third-order valence-corrected chi connectivity index (χ3v) is 4.77. The van der Waals surface area contributed by atoms with Crippen molar-refractivity contribution in [3.8, 4) is 11.1 Å². The van der Waals surface area contributed by atoms with Crippen molar-refractivity contribution in [3.05, 3.63) is 83.9 Å². The Morgan fingerprint density at radius 2 is 1.44 bits per heavy atom. The van der Waals surface area contributed by atoms with Crippen molar-refractivity contribution in [2.24, 2.45) is 0 Å². The number of nitrogens with zero attached hydrogens (tertiary/aromatic N) is 2. The van der Waals surface area contributed by atoms with Gasteiger partial charge in [0.2, 0.25) is 0 Å². The number of benzene rings is 2. The van der Waals surface area contributed by atoms with Gasteiger partial charge in [0.05, 0.1) is 12.4 Å². The summed E-state index contributed by atoms with van der Waals surface area (Å²) in [7, 11) is 0. The Bertz CT molecular complexity index is 1080. The van der Waals surface area contributed by atoms with Gasteiger partial charge in [-0.3, -0.25) is 4.79 Å². The van der Waals surface area contributed by atoms with Gasteiger partial charge < -0.3 is 20.6 Å². The Morgan fingerprint density at radius 3 is 2.00 bits per heavy atom. The number of aromatic carboxylic acids is 1. The van der Waals surface area contributed by atoms with E-state index in [1.165, 1.54) is 0 Å². The number of hydrogen-bond acceptors (Lipinski definition) is 6. The molecule has 2 atom stereocenters. The lowest BCUT2D eigenvalue weighted by molar-refractivity contribution is -0.147. The fraction of sp³-hybridized carbons (Fsp3) is 0.174. The Hall–Kier alpha value is -4.11. The van der Waals surface area contributed by atoms with Crippen molar-refractivity contribution in [2.45, 2.75) is 25.0 Å². The minimum Gasteiger partial charge on any atom is -0.479 e. The smallest absolute Gasteiger partial charge is 0.356 e. The molecule has 9 heteroatoms. The second-order valence-corrected chi connectivity index (χ2v) is 7.12. The first-order valence-corrected chi connectivity index (χ1v) is 9.75. The second kappa shape index (κ2) is 10.3. The van der Waals surface area contributed by atoms with Gasteiger partial charge in [0, 0.05) is 12.5 Å². The molecule has 2 unspecified atom stereocenters. The van der Waals surface area contributed by atoms with Gasteiger partial charge in [-0.05, 0) is 23.1 Å². The largest absolute Gasteiger partial charge is 0.479 e. The number of carbonyl (C=O) groups excluding carboxylic acids is 1. The molecule has 0 radical (unpaired) electrons. The summed E-state index contributed by atoms with van der Waals surface area (Å²) in [5, 5.41) is 30.4. The molecule has 0 spiro atoms. The Labute approximate surface area is 183 Å². The van der Waals surface area contributed by atoms with E-state index in [1.807, 2.05) is 54.6 Å². The highest BCUT2D eigenvalue weighted by Crippen LogP contribution is 2.20. The molecule has 0 saturated heterocycles. The van der Waals surface area contributed by atoms with Gasteiger partial charge in [-0.25, -0.2) is 19.6 Å². The summed E-state index contributed by atoms with van der Waals surface area (Å²) in [4.78, 5) is 41.9. The first kappa shape index (κ1) is 22.6. The number of carboxylic acids is 2. The molecule has 1 aromatic heterocycles. The standard InChI is InChI=1S/C23H21N3O6/c27-20(23(31)32)11-17(26-21(28)18-12-25-19(13-24-18)22(29)30)10-14-6-8-16(9-7-14)15-4-2-1-3-5-15/h1-9,12-13,17,20,27H,10-11H2,(H,26,28)(H,29,30)(H,31,32). The van der Waals surface area contributed by atoms with E-state index in [0.717, 1.165) is 29.1 Å². The van der Waals surface area contributed by atoms with Gasteiger partial charge in [0.25, 0.3) is 5.91 Å². The minimum absolute atomic E-state index is 0.121. The second-order valence-electron chi connectivity index (χ2n) is 7.12. The third-order valence-electron chi connectivity index (χ3n) is 4.77. The van der Waals surface area contributed by atoms with Gasteiger partial charge in [0.15, 0.2) is 11.8 Å². The number of aliphatic carboxylic acids is 1. The molecule has 0 fully saturated rings. The van der Waals surface area contributed by atoms with Crippen LogP contribution in [-0.4, -0.2) is 55.3 Å². The van der Waals surface area contributed by atoms with Crippen LogP contribution in [0, 0.1) is 0 Å². The number of rotatable bonds is 9.